The second-order valence-corrected chi connectivity index (χ2v) is 5.07. The zero-order valence-electron chi connectivity index (χ0n) is 2.61. The molecular weight excluding hydrogens is 207 g/mol. The van der Waals surface area contributed by atoms with Crippen LogP contribution in [0.15, 0.2) is 0 Å². The summed E-state index contributed by atoms with van der Waals surface area (Å²) in [7, 11) is 0. The van der Waals surface area contributed by atoms with Gasteiger partial charge in [-0.05, 0) is 0 Å². The summed E-state index contributed by atoms with van der Waals surface area (Å²) in [4.78, 5) is 0. The molecule has 42 valence electrons. The Morgan fingerprint density at radius 2 is 0.667 bits per heavy atom. The quantitative estimate of drug-likeness (QED) is 0.302. The summed E-state index contributed by atoms with van der Waals surface area (Å²) in [5, 5.41) is 0. The summed E-state index contributed by atoms with van der Waals surface area (Å²) in [6.07, 6.45) is 0. The van der Waals surface area contributed by atoms with Crippen molar-refractivity contribution >= 4 is 19.1 Å². The Morgan fingerprint density at radius 3 is 0.667 bits per heavy atom. The van der Waals surface area contributed by atoms with Gasteiger partial charge >= 0.3 is 36.3 Å². The third kappa shape index (κ3) is 201. The van der Waals surface area contributed by atoms with Crippen molar-refractivity contribution in [2.75, 3.05) is 0 Å². The van der Waals surface area contributed by atoms with Gasteiger partial charge < -0.3 is 0 Å². The first-order valence-corrected chi connectivity index (χ1v) is 5.67. The molecule has 0 saturated carbocycles. The van der Waals surface area contributed by atoms with Crippen LogP contribution in [0.25, 0.3) is 0 Å². The molecule has 0 bridgehead atoms. The average molecular weight is 212 g/mol. The van der Waals surface area contributed by atoms with Gasteiger partial charge in [-0.15, -0.1) is 0 Å². The monoisotopic (exact) mass is 212 g/mol. The Bertz CT molecular complexity index is 37.1. The summed E-state index contributed by atoms with van der Waals surface area (Å²) in [5.41, 5.74) is 0. The first-order valence-electron chi connectivity index (χ1n) is 0.845. The van der Waals surface area contributed by atoms with E-state index in [-0.39, 0.29) is 0 Å². The van der Waals surface area contributed by atoms with Gasteiger partial charge in [-0.1, -0.05) is 0 Å². The normalized spacial score (nSPS) is 19.2. The first-order chi connectivity index (χ1) is 2.24. The average Bonchev–Trinajstić information content (AvgIpc) is 0.650. The molecule has 6 heteroatoms. The van der Waals surface area contributed by atoms with Gasteiger partial charge in [-0.2, -0.15) is 0 Å². The van der Waals surface area contributed by atoms with Crippen LogP contribution >= 0.6 is 19.1 Å². The Morgan fingerprint density at radius 1 is 0.667 bits per heavy atom. The topological polar surface area (TPSA) is 101 Å². The molecule has 0 aliphatic carbocycles. The molecule has 5 nitrogen and oxygen atoms in total. The van der Waals surface area contributed by atoms with E-state index in [1.807, 2.05) is 0 Å². The molecule has 0 unspecified atom stereocenters. The summed E-state index contributed by atoms with van der Waals surface area (Å²) in [5.74, 6) is 0. The van der Waals surface area contributed by atoms with Crippen LogP contribution < -0.4 is 0 Å². The van der Waals surface area contributed by atoms with Crippen LogP contribution in [0.2, 0.25) is 0 Å². The maximum absolute atomic E-state index is 7.39. The Hall–Kier alpha value is 0.530. The van der Waals surface area contributed by atoms with Gasteiger partial charge in [0.1, 0.15) is 0 Å². The van der Waals surface area contributed by atoms with Crippen molar-refractivity contribution in [1.82, 2.24) is 0 Å². The van der Waals surface area contributed by atoms with E-state index < -0.39 is 19.1 Å². The SMILES string of the molecule is OI(O)(O)(O)O. The van der Waals surface area contributed by atoms with E-state index in [0.717, 1.165) is 0 Å². The fraction of sp³-hybridized carbons (Fsp3) is 0. The predicted molar refractivity (Wildman–Crippen MR) is 25.1 cm³/mol. The zero-order valence-corrected chi connectivity index (χ0v) is 4.77. The minimum atomic E-state index is -6.55. The van der Waals surface area contributed by atoms with E-state index in [0.29, 0.717) is 0 Å². The molecule has 0 spiro atoms. The van der Waals surface area contributed by atoms with Gasteiger partial charge in [0, 0.05) is 0 Å². The van der Waals surface area contributed by atoms with Crippen LogP contribution in [0.1, 0.15) is 0 Å². The molecular formula is H5IO5. The Kier molecular flexibility index (Phi) is 1.11. The van der Waals surface area contributed by atoms with E-state index >= 15 is 0 Å². The molecule has 0 aromatic rings. The van der Waals surface area contributed by atoms with Crippen molar-refractivity contribution in [2.45, 2.75) is 0 Å². The molecule has 5 N–H and O–H groups in total. The number of hydrogen-bond donors (Lipinski definition) is 5. The van der Waals surface area contributed by atoms with Crippen LogP contribution in [-0.2, 0) is 0 Å². The van der Waals surface area contributed by atoms with Gasteiger partial charge in [0.2, 0.25) is 0 Å². The maximum atomic E-state index is 7.39. The number of halogens is 1. The number of hydrogen-bond acceptors (Lipinski definition) is 5. The molecule has 0 atom stereocenters. The van der Waals surface area contributed by atoms with Crippen LogP contribution in [0.3, 0.4) is 0 Å². The molecule has 0 aromatic carbocycles. The summed E-state index contributed by atoms with van der Waals surface area (Å²) < 4.78 is 37.0. The fourth-order valence-electron chi connectivity index (χ4n) is 0. The molecule has 6 heavy (non-hydrogen) atoms. The van der Waals surface area contributed by atoms with Gasteiger partial charge in [0.15, 0.2) is 0 Å². The van der Waals surface area contributed by atoms with E-state index in [9.17, 15) is 0 Å². The van der Waals surface area contributed by atoms with E-state index in [4.69, 9.17) is 17.2 Å². The van der Waals surface area contributed by atoms with Crippen LogP contribution in [0, 0.1) is 0 Å². The van der Waals surface area contributed by atoms with Crippen LogP contribution in [-0.4, -0.2) is 17.2 Å². The molecule has 0 heterocycles. The summed E-state index contributed by atoms with van der Waals surface area (Å²) in [6.45, 7) is 0. The molecule has 0 rings (SSSR count). The summed E-state index contributed by atoms with van der Waals surface area (Å²) >= 11 is -6.55. The predicted octanol–water partition coefficient (Wildman–Crippen LogP) is -1.90. The van der Waals surface area contributed by atoms with Gasteiger partial charge in [-0.25, -0.2) is 0 Å². The third-order valence-corrected chi connectivity index (χ3v) is 0. The molecule has 0 saturated heterocycles. The first kappa shape index (κ1) is 6.53. The van der Waals surface area contributed by atoms with Crippen LogP contribution in [0.4, 0.5) is 0 Å². The van der Waals surface area contributed by atoms with Gasteiger partial charge in [0.25, 0.3) is 0 Å². The van der Waals surface area contributed by atoms with Gasteiger partial charge in [0.05, 0.1) is 0 Å². The van der Waals surface area contributed by atoms with Crippen molar-refractivity contribution in [3.8, 4) is 0 Å². The van der Waals surface area contributed by atoms with Crippen molar-refractivity contribution in [1.29, 1.82) is 0 Å². The Labute approximate surface area is 36.9 Å². The van der Waals surface area contributed by atoms with E-state index in [2.05, 4.69) is 0 Å². The van der Waals surface area contributed by atoms with E-state index in [1.54, 1.807) is 0 Å². The van der Waals surface area contributed by atoms with Crippen molar-refractivity contribution in [2.24, 2.45) is 0 Å². The van der Waals surface area contributed by atoms with Crippen molar-refractivity contribution < 1.29 is 17.2 Å². The molecule has 0 aliphatic rings. The fourth-order valence-corrected chi connectivity index (χ4v) is 0. The number of rotatable bonds is 0. The standard InChI is InChI=1S/H5IO5/c2-1(3,4,5)6/h2-6H. The molecule has 0 aromatic heterocycles. The van der Waals surface area contributed by atoms with Crippen molar-refractivity contribution in [3.05, 3.63) is 0 Å². The summed E-state index contributed by atoms with van der Waals surface area (Å²) in [6, 6.07) is 0. The second-order valence-electron chi connectivity index (χ2n) is 0.756. The van der Waals surface area contributed by atoms with Crippen molar-refractivity contribution in [3.63, 3.8) is 0 Å². The van der Waals surface area contributed by atoms with Gasteiger partial charge in [-0.3, -0.25) is 0 Å². The van der Waals surface area contributed by atoms with E-state index in [1.165, 1.54) is 0 Å². The molecule has 0 aliphatic heterocycles. The second kappa shape index (κ2) is 1.02. The minimum absolute atomic E-state index is 6.55. The molecule has 0 radical (unpaired) electrons. The van der Waals surface area contributed by atoms with Crippen LogP contribution in [0.5, 0.6) is 0 Å². The Balaban J connectivity index is 3.73. The zero-order chi connectivity index (χ0) is 5.45. The third-order valence-electron chi connectivity index (χ3n) is 0. The molecule has 0 fully saturated rings. The molecule has 0 amide bonds.